The third-order valence-electron chi connectivity index (χ3n) is 1.76. The van der Waals surface area contributed by atoms with Crippen LogP contribution in [0, 0.1) is 0 Å². The standard InChI is InChI=1S/C11H13ClO2S/c1-3-14-11(13)8(2)15-10-7-5-4-6-9(10)12/h4-8H,3H2,1-2H3/t8-/m0/s1. The minimum absolute atomic E-state index is 0.206. The molecule has 0 aromatic heterocycles. The van der Waals surface area contributed by atoms with Gasteiger partial charge in [0, 0.05) is 4.90 Å². The molecule has 82 valence electrons. The van der Waals surface area contributed by atoms with E-state index in [1.165, 1.54) is 11.8 Å². The Bertz CT molecular complexity index is 341. The molecule has 0 fully saturated rings. The van der Waals surface area contributed by atoms with Crippen LogP contribution in [0.2, 0.25) is 5.02 Å². The van der Waals surface area contributed by atoms with Gasteiger partial charge in [-0.1, -0.05) is 23.7 Å². The fraction of sp³-hybridized carbons (Fsp3) is 0.364. The van der Waals surface area contributed by atoms with E-state index in [2.05, 4.69) is 0 Å². The van der Waals surface area contributed by atoms with E-state index in [1.807, 2.05) is 31.2 Å². The summed E-state index contributed by atoms with van der Waals surface area (Å²) in [5.41, 5.74) is 0. The first-order valence-corrected chi connectivity index (χ1v) is 5.98. The van der Waals surface area contributed by atoms with Crippen LogP contribution in [-0.2, 0) is 9.53 Å². The molecule has 0 aliphatic rings. The lowest BCUT2D eigenvalue weighted by Gasteiger charge is -2.10. The van der Waals surface area contributed by atoms with Crippen LogP contribution in [-0.4, -0.2) is 17.8 Å². The fourth-order valence-electron chi connectivity index (χ4n) is 1.04. The highest BCUT2D eigenvalue weighted by molar-refractivity contribution is 8.00. The SMILES string of the molecule is CCOC(=O)[C@H](C)Sc1ccccc1Cl. The first-order valence-electron chi connectivity index (χ1n) is 4.73. The van der Waals surface area contributed by atoms with Gasteiger partial charge < -0.3 is 4.74 Å². The van der Waals surface area contributed by atoms with Crippen LogP contribution in [0.5, 0.6) is 0 Å². The molecule has 0 saturated carbocycles. The molecule has 0 radical (unpaired) electrons. The van der Waals surface area contributed by atoms with Crippen molar-refractivity contribution in [3.05, 3.63) is 29.3 Å². The van der Waals surface area contributed by atoms with Crippen LogP contribution in [0.4, 0.5) is 0 Å². The summed E-state index contributed by atoms with van der Waals surface area (Å²) in [5.74, 6) is -0.206. The summed E-state index contributed by atoms with van der Waals surface area (Å²) in [5, 5.41) is 0.434. The summed E-state index contributed by atoms with van der Waals surface area (Å²) < 4.78 is 4.91. The highest BCUT2D eigenvalue weighted by Crippen LogP contribution is 2.30. The molecule has 1 atom stereocenters. The number of rotatable bonds is 4. The molecule has 0 heterocycles. The topological polar surface area (TPSA) is 26.3 Å². The van der Waals surface area contributed by atoms with Crippen molar-refractivity contribution in [1.82, 2.24) is 0 Å². The van der Waals surface area contributed by atoms with Gasteiger partial charge in [-0.2, -0.15) is 0 Å². The Morgan fingerprint density at radius 3 is 2.80 bits per heavy atom. The molecule has 0 N–H and O–H groups in total. The molecule has 0 spiro atoms. The Morgan fingerprint density at radius 1 is 1.53 bits per heavy atom. The highest BCUT2D eigenvalue weighted by Gasteiger charge is 2.16. The molecule has 0 unspecified atom stereocenters. The van der Waals surface area contributed by atoms with Crippen molar-refractivity contribution in [1.29, 1.82) is 0 Å². The van der Waals surface area contributed by atoms with E-state index in [9.17, 15) is 4.79 Å². The maximum Gasteiger partial charge on any atom is 0.319 e. The van der Waals surface area contributed by atoms with Crippen molar-refractivity contribution in [3.8, 4) is 0 Å². The first-order chi connectivity index (χ1) is 7.15. The lowest BCUT2D eigenvalue weighted by molar-refractivity contribution is -0.142. The van der Waals surface area contributed by atoms with Crippen LogP contribution in [0.1, 0.15) is 13.8 Å². The second-order valence-electron chi connectivity index (χ2n) is 2.94. The van der Waals surface area contributed by atoms with E-state index in [-0.39, 0.29) is 11.2 Å². The number of thioether (sulfide) groups is 1. The van der Waals surface area contributed by atoms with Gasteiger partial charge >= 0.3 is 5.97 Å². The average molecular weight is 245 g/mol. The smallest absolute Gasteiger partial charge is 0.319 e. The van der Waals surface area contributed by atoms with Gasteiger partial charge in [-0.15, -0.1) is 11.8 Å². The summed E-state index contributed by atoms with van der Waals surface area (Å²) in [6.45, 7) is 4.02. The monoisotopic (exact) mass is 244 g/mol. The molecule has 0 bridgehead atoms. The number of hydrogen-bond acceptors (Lipinski definition) is 3. The zero-order valence-electron chi connectivity index (χ0n) is 8.70. The van der Waals surface area contributed by atoms with Crippen molar-refractivity contribution >= 4 is 29.3 Å². The highest BCUT2D eigenvalue weighted by atomic mass is 35.5. The summed E-state index contributed by atoms with van der Waals surface area (Å²) in [4.78, 5) is 12.3. The molecular weight excluding hydrogens is 232 g/mol. The molecule has 1 rings (SSSR count). The third kappa shape index (κ3) is 3.76. The maximum absolute atomic E-state index is 11.4. The van der Waals surface area contributed by atoms with Gasteiger partial charge in [0.2, 0.25) is 0 Å². The van der Waals surface area contributed by atoms with Crippen molar-refractivity contribution in [2.45, 2.75) is 24.0 Å². The summed E-state index contributed by atoms with van der Waals surface area (Å²) in [6, 6.07) is 7.46. The van der Waals surface area contributed by atoms with Gasteiger partial charge in [0.1, 0.15) is 5.25 Å². The third-order valence-corrected chi connectivity index (χ3v) is 3.36. The summed E-state index contributed by atoms with van der Waals surface area (Å²) in [6.07, 6.45) is 0. The number of halogens is 1. The lowest BCUT2D eigenvalue weighted by Crippen LogP contribution is -2.16. The Balaban J connectivity index is 2.62. The molecule has 0 saturated heterocycles. The number of esters is 1. The van der Waals surface area contributed by atoms with Gasteiger partial charge in [-0.05, 0) is 26.0 Å². The predicted molar refractivity (Wildman–Crippen MR) is 63.4 cm³/mol. The molecule has 1 aromatic rings. The van der Waals surface area contributed by atoms with Crippen molar-refractivity contribution in [3.63, 3.8) is 0 Å². The van der Waals surface area contributed by atoms with E-state index in [1.54, 1.807) is 6.92 Å². The van der Waals surface area contributed by atoms with E-state index in [0.717, 1.165) is 4.90 Å². The fourth-order valence-corrected chi connectivity index (χ4v) is 2.19. The van der Waals surface area contributed by atoms with Crippen LogP contribution < -0.4 is 0 Å². The normalized spacial score (nSPS) is 12.2. The minimum atomic E-state index is -0.232. The second kappa shape index (κ2) is 6.03. The number of benzene rings is 1. The van der Waals surface area contributed by atoms with Gasteiger partial charge in [0.15, 0.2) is 0 Å². The van der Waals surface area contributed by atoms with Gasteiger partial charge in [-0.3, -0.25) is 4.79 Å². The summed E-state index contributed by atoms with van der Waals surface area (Å²) in [7, 11) is 0. The van der Waals surface area contributed by atoms with Gasteiger partial charge in [-0.25, -0.2) is 0 Å². The van der Waals surface area contributed by atoms with Gasteiger partial charge in [0.25, 0.3) is 0 Å². The van der Waals surface area contributed by atoms with Crippen LogP contribution in [0.3, 0.4) is 0 Å². The molecule has 0 aliphatic carbocycles. The van der Waals surface area contributed by atoms with Crippen molar-refractivity contribution in [2.24, 2.45) is 0 Å². The molecule has 4 heteroatoms. The van der Waals surface area contributed by atoms with Crippen LogP contribution in [0.15, 0.2) is 29.2 Å². The lowest BCUT2D eigenvalue weighted by atomic mass is 10.4. The molecule has 15 heavy (non-hydrogen) atoms. The zero-order valence-corrected chi connectivity index (χ0v) is 10.3. The van der Waals surface area contributed by atoms with E-state index in [0.29, 0.717) is 11.6 Å². The number of carbonyl (C=O) groups is 1. The first kappa shape index (κ1) is 12.4. The Kier molecular flexibility index (Phi) is 4.99. The largest absolute Gasteiger partial charge is 0.465 e. The Morgan fingerprint density at radius 2 is 2.20 bits per heavy atom. The molecule has 2 nitrogen and oxygen atoms in total. The minimum Gasteiger partial charge on any atom is -0.465 e. The van der Waals surface area contributed by atoms with Crippen LogP contribution >= 0.6 is 23.4 Å². The van der Waals surface area contributed by atoms with Gasteiger partial charge in [0.05, 0.1) is 11.6 Å². The number of carbonyl (C=O) groups excluding carboxylic acids is 1. The second-order valence-corrected chi connectivity index (χ2v) is 4.73. The predicted octanol–water partition coefficient (Wildman–Crippen LogP) is 3.38. The van der Waals surface area contributed by atoms with Crippen molar-refractivity contribution < 1.29 is 9.53 Å². The van der Waals surface area contributed by atoms with Crippen molar-refractivity contribution in [2.75, 3.05) is 6.61 Å². The average Bonchev–Trinajstić information content (AvgIpc) is 2.21. The maximum atomic E-state index is 11.4. The number of ether oxygens (including phenoxy) is 1. The summed E-state index contributed by atoms with van der Waals surface area (Å²) >= 11 is 7.39. The van der Waals surface area contributed by atoms with E-state index in [4.69, 9.17) is 16.3 Å². The van der Waals surface area contributed by atoms with E-state index >= 15 is 0 Å². The molecular formula is C11H13ClO2S. The Hall–Kier alpha value is -0.670. The molecule has 0 amide bonds. The van der Waals surface area contributed by atoms with Crippen LogP contribution in [0.25, 0.3) is 0 Å². The Labute approximate surface area is 99.0 Å². The van der Waals surface area contributed by atoms with E-state index < -0.39 is 0 Å². The zero-order chi connectivity index (χ0) is 11.3. The molecule has 0 aliphatic heterocycles. The molecule has 1 aromatic carbocycles. The number of hydrogen-bond donors (Lipinski definition) is 0. The quantitative estimate of drug-likeness (QED) is 0.600.